The third-order valence-corrected chi connectivity index (χ3v) is 3.73. The molecule has 1 aliphatic heterocycles. The Morgan fingerprint density at radius 2 is 1.91 bits per heavy atom. The number of likely N-dealkylation sites (tertiary alicyclic amines) is 1. The summed E-state index contributed by atoms with van der Waals surface area (Å²) in [5.41, 5.74) is 7.25. The number of hydrogen-bond acceptors (Lipinski definition) is 4. The van der Waals surface area contributed by atoms with Gasteiger partial charge in [0.25, 0.3) is 0 Å². The monoisotopic (exact) mass is 305 g/mol. The third-order valence-electron chi connectivity index (χ3n) is 3.73. The molecule has 3 N–H and O–H groups in total. The summed E-state index contributed by atoms with van der Waals surface area (Å²) in [6, 6.07) is 7.42. The normalized spacial score (nSPS) is 15.4. The zero-order valence-electron chi connectivity index (χ0n) is 12.9. The van der Waals surface area contributed by atoms with Crippen LogP contribution in [0.15, 0.2) is 24.3 Å². The number of piperidine rings is 1. The number of nitrogen functional groups attached to an aromatic ring is 1. The van der Waals surface area contributed by atoms with Crippen molar-refractivity contribution >= 4 is 17.7 Å². The largest absolute Gasteiger partial charge is 0.450 e. The second-order valence-corrected chi connectivity index (χ2v) is 5.45. The van der Waals surface area contributed by atoms with Crippen molar-refractivity contribution in [2.24, 2.45) is 0 Å². The number of anilines is 1. The number of amides is 2. The molecule has 1 saturated heterocycles. The highest BCUT2D eigenvalue weighted by Gasteiger charge is 2.24. The Morgan fingerprint density at radius 1 is 1.27 bits per heavy atom. The number of benzene rings is 1. The van der Waals surface area contributed by atoms with E-state index in [2.05, 4.69) is 5.32 Å². The number of nitrogens with zero attached hydrogens (tertiary/aromatic N) is 1. The van der Waals surface area contributed by atoms with Gasteiger partial charge in [0.05, 0.1) is 13.0 Å². The number of carbonyl (C=O) groups excluding carboxylic acids is 2. The van der Waals surface area contributed by atoms with Crippen molar-refractivity contribution in [2.75, 3.05) is 25.4 Å². The average molecular weight is 305 g/mol. The maximum absolute atomic E-state index is 12.0. The minimum absolute atomic E-state index is 0.000596. The molecule has 22 heavy (non-hydrogen) atoms. The fourth-order valence-corrected chi connectivity index (χ4v) is 2.52. The molecule has 0 aromatic heterocycles. The van der Waals surface area contributed by atoms with Gasteiger partial charge in [-0.25, -0.2) is 4.79 Å². The molecule has 0 spiro atoms. The molecule has 0 unspecified atom stereocenters. The van der Waals surface area contributed by atoms with Crippen LogP contribution in [0.2, 0.25) is 0 Å². The van der Waals surface area contributed by atoms with Gasteiger partial charge in [-0.3, -0.25) is 4.79 Å². The highest BCUT2D eigenvalue weighted by molar-refractivity contribution is 5.79. The second kappa shape index (κ2) is 7.68. The van der Waals surface area contributed by atoms with Crippen LogP contribution in [0.5, 0.6) is 0 Å². The average Bonchev–Trinajstić information content (AvgIpc) is 2.50. The lowest BCUT2D eigenvalue weighted by atomic mass is 10.0. The van der Waals surface area contributed by atoms with E-state index in [4.69, 9.17) is 10.5 Å². The van der Waals surface area contributed by atoms with Crippen LogP contribution in [0.1, 0.15) is 25.3 Å². The van der Waals surface area contributed by atoms with Crippen molar-refractivity contribution in [2.45, 2.75) is 32.2 Å². The summed E-state index contributed by atoms with van der Waals surface area (Å²) in [5.74, 6) is -0.000596. The minimum Gasteiger partial charge on any atom is -0.450 e. The van der Waals surface area contributed by atoms with Gasteiger partial charge in [-0.1, -0.05) is 12.1 Å². The van der Waals surface area contributed by atoms with Crippen LogP contribution < -0.4 is 11.1 Å². The van der Waals surface area contributed by atoms with Gasteiger partial charge in [-0.15, -0.1) is 0 Å². The molecule has 6 nitrogen and oxygen atoms in total. The Labute approximate surface area is 130 Å². The fourth-order valence-electron chi connectivity index (χ4n) is 2.52. The summed E-state index contributed by atoms with van der Waals surface area (Å²) in [4.78, 5) is 25.3. The molecule has 120 valence electrons. The van der Waals surface area contributed by atoms with Crippen molar-refractivity contribution in [3.63, 3.8) is 0 Å². The van der Waals surface area contributed by atoms with Gasteiger partial charge in [-0.05, 0) is 37.5 Å². The van der Waals surface area contributed by atoms with Crippen molar-refractivity contribution in [1.82, 2.24) is 10.2 Å². The van der Waals surface area contributed by atoms with Crippen molar-refractivity contribution < 1.29 is 14.3 Å². The molecule has 1 aromatic rings. The minimum atomic E-state index is -0.269. The third kappa shape index (κ3) is 4.65. The van der Waals surface area contributed by atoms with Crippen LogP contribution in [0.4, 0.5) is 10.5 Å². The van der Waals surface area contributed by atoms with E-state index in [9.17, 15) is 9.59 Å². The van der Waals surface area contributed by atoms with Crippen LogP contribution in [0, 0.1) is 0 Å². The fraction of sp³-hybridized carbons (Fsp3) is 0.500. The maximum Gasteiger partial charge on any atom is 0.409 e. The van der Waals surface area contributed by atoms with Crippen LogP contribution in [-0.2, 0) is 16.0 Å². The van der Waals surface area contributed by atoms with Gasteiger partial charge >= 0.3 is 6.09 Å². The first kappa shape index (κ1) is 16.1. The van der Waals surface area contributed by atoms with E-state index in [1.54, 1.807) is 24.0 Å². The van der Waals surface area contributed by atoms with Gasteiger partial charge in [0.1, 0.15) is 0 Å². The molecule has 2 rings (SSSR count). The van der Waals surface area contributed by atoms with E-state index in [0.29, 0.717) is 31.8 Å². The van der Waals surface area contributed by atoms with E-state index < -0.39 is 0 Å². The lowest BCUT2D eigenvalue weighted by molar-refractivity contribution is -0.121. The van der Waals surface area contributed by atoms with Crippen molar-refractivity contribution in [3.8, 4) is 0 Å². The molecule has 1 aliphatic rings. The first-order valence-electron chi connectivity index (χ1n) is 7.64. The van der Waals surface area contributed by atoms with Crippen molar-refractivity contribution in [3.05, 3.63) is 29.8 Å². The zero-order chi connectivity index (χ0) is 15.9. The van der Waals surface area contributed by atoms with Crippen LogP contribution in [0.25, 0.3) is 0 Å². The Balaban J connectivity index is 1.74. The molecule has 0 saturated carbocycles. The van der Waals surface area contributed by atoms with Crippen LogP contribution in [0.3, 0.4) is 0 Å². The van der Waals surface area contributed by atoms with Gasteiger partial charge < -0.3 is 20.7 Å². The van der Waals surface area contributed by atoms with E-state index in [1.165, 1.54) is 0 Å². The van der Waals surface area contributed by atoms with Crippen LogP contribution in [-0.4, -0.2) is 42.6 Å². The highest BCUT2D eigenvalue weighted by atomic mass is 16.6. The molecule has 0 radical (unpaired) electrons. The summed E-state index contributed by atoms with van der Waals surface area (Å²) in [6.07, 6.45) is 1.59. The standard InChI is InChI=1S/C16H23N3O3/c1-2-22-16(21)19-9-7-14(8-10-19)18-15(20)11-12-3-5-13(17)6-4-12/h3-6,14H,2,7-11,17H2,1H3,(H,18,20). The molecule has 0 aliphatic carbocycles. The quantitative estimate of drug-likeness (QED) is 0.827. The first-order chi connectivity index (χ1) is 10.6. The first-order valence-corrected chi connectivity index (χ1v) is 7.64. The molecule has 6 heteroatoms. The summed E-state index contributed by atoms with van der Waals surface area (Å²) in [6.45, 7) is 3.41. The smallest absolute Gasteiger partial charge is 0.409 e. The molecule has 1 heterocycles. The second-order valence-electron chi connectivity index (χ2n) is 5.45. The molecule has 1 fully saturated rings. The number of nitrogens with two attached hydrogens (primary N) is 1. The summed E-state index contributed by atoms with van der Waals surface area (Å²) < 4.78 is 4.98. The molecule has 0 atom stereocenters. The lowest BCUT2D eigenvalue weighted by Gasteiger charge is -2.31. The topological polar surface area (TPSA) is 84.7 Å². The molecule has 2 amide bonds. The number of rotatable bonds is 4. The highest BCUT2D eigenvalue weighted by Crippen LogP contribution is 2.12. The number of carbonyl (C=O) groups is 2. The number of nitrogens with one attached hydrogen (secondary N) is 1. The molecule has 1 aromatic carbocycles. The van der Waals surface area contributed by atoms with E-state index in [1.807, 2.05) is 12.1 Å². The Morgan fingerprint density at radius 3 is 2.50 bits per heavy atom. The Bertz CT molecular complexity index is 508. The van der Waals surface area contributed by atoms with E-state index in [-0.39, 0.29) is 18.0 Å². The predicted molar refractivity (Wildman–Crippen MR) is 84.3 cm³/mol. The molecular formula is C16H23N3O3. The summed E-state index contributed by atoms with van der Waals surface area (Å²) in [5, 5.41) is 3.02. The summed E-state index contributed by atoms with van der Waals surface area (Å²) >= 11 is 0. The SMILES string of the molecule is CCOC(=O)N1CCC(NC(=O)Cc2ccc(N)cc2)CC1. The molecule has 0 bridgehead atoms. The van der Waals surface area contributed by atoms with Gasteiger partial charge in [0.15, 0.2) is 0 Å². The predicted octanol–water partition coefficient (Wildman–Crippen LogP) is 1.55. The van der Waals surface area contributed by atoms with Gasteiger partial charge in [0.2, 0.25) is 5.91 Å². The van der Waals surface area contributed by atoms with Crippen LogP contribution >= 0.6 is 0 Å². The summed E-state index contributed by atoms with van der Waals surface area (Å²) in [7, 11) is 0. The number of hydrogen-bond donors (Lipinski definition) is 2. The Hall–Kier alpha value is -2.24. The lowest BCUT2D eigenvalue weighted by Crippen LogP contribution is -2.47. The maximum atomic E-state index is 12.0. The number of ether oxygens (including phenoxy) is 1. The Kier molecular flexibility index (Phi) is 5.63. The van der Waals surface area contributed by atoms with Crippen molar-refractivity contribution in [1.29, 1.82) is 0 Å². The van der Waals surface area contributed by atoms with E-state index >= 15 is 0 Å². The van der Waals surface area contributed by atoms with E-state index in [0.717, 1.165) is 18.4 Å². The zero-order valence-corrected chi connectivity index (χ0v) is 12.9. The van der Waals surface area contributed by atoms with Gasteiger partial charge in [-0.2, -0.15) is 0 Å². The molecular weight excluding hydrogens is 282 g/mol. The van der Waals surface area contributed by atoms with Gasteiger partial charge in [0, 0.05) is 24.8 Å².